The van der Waals surface area contributed by atoms with E-state index in [0.717, 1.165) is 30.8 Å². The Morgan fingerprint density at radius 2 is 2.12 bits per heavy atom. The first-order valence-corrected chi connectivity index (χ1v) is 9.21. The smallest absolute Gasteiger partial charge is 0.414 e. The monoisotopic (exact) mass is 344 g/mol. The number of fused-ring (bicyclic) bond motifs is 1. The molecule has 1 amide bonds. The number of benzene rings is 1. The van der Waals surface area contributed by atoms with E-state index < -0.39 is 5.60 Å². The van der Waals surface area contributed by atoms with Crippen LogP contribution in [0.3, 0.4) is 0 Å². The third-order valence-electron chi connectivity index (χ3n) is 3.92. The van der Waals surface area contributed by atoms with Gasteiger partial charge in [0.2, 0.25) is 0 Å². The second-order valence-electron chi connectivity index (χ2n) is 7.04. The van der Waals surface area contributed by atoms with E-state index >= 15 is 0 Å². The van der Waals surface area contributed by atoms with Gasteiger partial charge in [-0.25, -0.2) is 4.79 Å². The summed E-state index contributed by atoms with van der Waals surface area (Å²) in [4.78, 5) is 14.3. The SMILES string of the molecule is CC(C)(C)OC(=O)N1CCc2cccc(CNCc3ccsc3)c21. The predicted molar refractivity (Wildman–Crippen MR) is 98.6 cm³/mol. The molecule has 1 aromatic heterocycles. The van der Waals surface area contributed by atoms with Gasteiger partial charge in [0.15, 0.2) is 0 Å². The molecule has 3 rings (SSSR count). The Hall–Kier alpha value is -1.85. The van der Waals surface area contributed by atoms with Gasteiger partial charge in [0.25, 0.3) is 0 Å². The van der Waals surface area contributed by atoms with Crippen LogP contribution in [0.5, 0.6) is 0 Å². The molecule has 128 valence electrons. The van der Waals surface area contributed by atoms with Gasteiger partial charge in [-0.3, -0.25) is 4.90 Å². The molecule has 0 fully saturated rings. The first kappa shape index (κ1) is 17.0. The summed E-state index contributed by atoms with van der Waals surface area (Å²) in [7, 11) is 0. The highest BCUT2D eigenvalue weighted by atomic mass is 32.1. The maximum absolute atomic E-state index is 12.5. The lowest BCUT2D eigenvalue weighted by atomic mass is 10.1. The Kier molecular flexibility index (Phi) is 4.92. The highest BCUT2D eigenvalue weighted by Crippen LogP contribution is 2.33. The van der Waals surface area contributed by atoms with Gasteiger partial charge < -0.3 is 10.1 Å². The van der Waals surface area contributed by atoms with Crippen molar-refractivity contribution in [2.45, 2.75) is 45.9 Å². The molecule has 1 N–H and O–H groups in total. The lowest BCUT2D eigenvalue weighted by molar-refractivity contribution is 0.0583. The van der Waals surface area contributed by atoms with E-state index in [4.69, 9.17) is 4.74 Å². The van der Waals surface area contributed by atoms with Gasteiger partial charge in [-0.05, 0) is 60.7 Å². The number of amides is 1. The van der Waals surface area contributed by atoms with Crippen molar-refractivity contribution in [3.05, 3.63) is 51.7 Å². The molecule has 2 heterocycles. The van der Waals surface area contributed by atoms with E-state index in [0.29, 0.717) is 6.54 Å². The first-order chi connectivity index (χ1) is 11.4. The van der Waals surface area contributed by atoms with Crippen LogP contribution < -0.4 is 10.2 Å². The summed E-state index contributed by atoms with van der Waals surface area (Å²) in [5, 5.41) is 7.70. The Bertz CT molecular complexity index is 705. The van der Waals surface area contributed by atoms with Gasteiger partial charge in [0.05, 0.1) is 5.69 Å². The molecule has 0 atom stereocenters. The van der Waals surface area contributed by atoms with Gasteiger partial charge in [-0.2, -0.15) is 11.3 Å². The van der Waals surface area contributed by atoms with Crippen LogP contribution in [0.1, 0.15) is 37.5 Å². The lowest BCUT2D eigenvalue weighted by Crippen LogP contribution is -2.36. The minimum atomic E-state index is -0.480. The first-order valence-electron chi connectivity index (χ1n) is 8.27. The third kappa shape index (κ3) is 3.97. The summed E-state index contributed by atoms with van der Waals surface area (Å²) >= 11 is 1.71. The number of carbonyl (C=O) groups is 1. The van der Waals surface area contributed by atoms with Crippen molar-refractivity contribution in [2.75, 3.05) is 11.4 Å². The molecule has 2 aromatic rings. The van der Waals surface area contributed by atoms with E-state index in [1.54, 1.807) is 16.2 Å². The molecule has 24 heavy (non-hydrogen) atoms. The van der Waals surface area contributed by atoms with Crippen LogP contribution in [0.4, 0.5) is 10.5 Å². The zero-order valence-corrected chi connectivity index (χ0v) is 15.3. The van der Waals surface area contributed by atoms with Crippen molar-refractivity contribution < 1.29 is 9.53 Å². The zero-order valence-electron chi connectivity index (χ0n) is 14.5. The fourth-order valence-corrected chi connectivity index (χ4v) is 3.58. The fourth-order valence-electron chi connectivity index (χ4n) is 2.91. The molecule has 0 saturated heterocycles. The van der Waals surface area contributed by atoms with Gasteiger partial charge in [-0.1, -0.05) is 18.2 Å². The van der Waals surface area contributed by atoms with Gasteiger partial charge in [0, 0.05) is 19.6 Å². The van der Waals surface area contributed by atoms with Crippen molar-refractivity contribution in [1.29, 1.82) is 0 Å². The Morgan fingerprint density at radius 1 is 1.29 bits per heavy atom. The molecular formula is C19H24N2O2S. The number of para-hydroxylation sites is 1. The zero-order chi connectivity index (χ0) is 17.2. The summed E-state index contributed by atoms with van der Waals surface area (Å²) in [6, 6.07) is 8.38. The standard InChI is InChI=1S/C19H24N2O2S/c1-19(2,3)23-18(22)21-9-7-15-5-4-6-16(17(15)21)12-20-11-14-8-10-24-13-14/h4-6,8,10,13,20H,7,9,11-12H2,1-3H3. The minimum Gasteiger partial charge on any atom is -0.443 e. The van der Waals surface area contributed by atoms with E-state index in [1.165, 1.54) is 11.1 Å². The molecule has 1 aliphatic heterocycles. The molecule has 0 saturated carbocycles. The number of nitrogens with zero attached hydrogens (tertiary/aromatic N) is 1. The lowest BCUT2D eigenvalue weighted by Gasteiger charge is -2.26. The van der Waals surface area contributed by atoms with Crippen LogP contribution in [-0.4, -0.2) is 18.2 Å². The highest BCUT2D eigenvalue weighted by Gasteiger charge is 2.30. The second kappa shape index (κ2) is 6.95. The van der Waals surface area contributed by atoms with Crippen molar-refractivity contribution in [3.63, 3.8) is 0 Å². The van der Waals surface area contributed by atoms with E-state index in [2.05, 4.69) is 40.3 Å². The Labute approximate surface area is 147 Å². The van der Waals surface area contributed by atoms with Crippen molar-refractivity contribution >= 4 is 23.1 Å². The summed E-state index contributed by atoms with van der Waals surface area (Å²) in [6.45, 7) is 7.95. The van der Waals surface area contributed by atoms with Crippen LogP contribution in [0.15, 0.2) is 35.0 Å². The van der Waals surface area contributed by atoms with Gasteiger partial charge in [0.1, 0.15) is 5.60 Å². The molecule has 0 bridgehead atoms. The van der Waals surface area contributed by atoms with E-state index in [-0.39, 0.29) is 6.09 Å². The molecular weight excluding hydrogens is 320 g/mol. The predicted octanol–water partition coefficient (Wildman–Crippen LogP) is 4.34. The van der Waals surface area contributed by atoms with E-state index in [1.807, 2.05) is 20.8 Å². The Balaban J connectivity index is 1.73. The average Bonchev–Trinajstić information content (AvgIpc) is 3.14. The van der Waals surface area contributed by atoms with Gasteiger partial charge >= 0.3 is 6.09 Å². The summed E-state index contributed by atoms with van der Waals surface area (Å²) < 4.78 is 5.56. The third-order valence-corrected chi connectivity index (χ3v) is 4.65. The molecule has 1 aliphatic rings. The second-order valence-corrected chi connectivity index (χ2v) is 7.82. The van der Waals surface area contributed by atoms with E-state index in [9.17, 15) is 4.79 Å². The van der Waals surface area contributed by atoms with Crippen LogP contribution in [-0.2, 0) is 24.2 Å². The normalized spacial score (nSPS) is 13.9. The van der Waals surface area contributed by atoms with Crippen LogP contribution in [0.25, 0.3) is 0 Å². The summed E-state index contributed by atoms with van der Waals surface area (Å²) in [5.41, 5.74) is 4.19. The summed E-state index contributed by atoms with van der Waals surface area (Å²) in [6.07, 6.45) is 0.624. The number of anilines is 1. The number of thiophene rings is 1. The highest BCUT2D eigenvalue weighted by molar-refractivity contribution is 7.07. The molecule has 0 unspecified atom stereocenters. The molecule has 4 nitrogen and oxygen atoms in total. The number of carbonyl (C=O) groups excluding carboxylic acids is 1. The topological polar surface area (TPSA) is 41.6 Å². The number of hydrogen-bond donors (Lipinski definition) is 1. The number of rotatable bonds is 4. The minimum absolute atomic E-state index is 0.258. The largest absolute Gasteiger partial charge is 0.443 e. The maximum atomic E-state index is 12.5. The molecule has 0 aliphatic carbocycles. The van der Waals surface area contributed by atoms with Crippen molar-refractivity contribution in [1.82, 2.24) is 5.32 Å². The number of nitrogens with one attached hydrogen (secondary N) is 1. The number of hydrogen-bond acceptors (Lipinski definition) is 4. The summed E-state index contributed by atoms with van der Waals surface area (Å²) in [5.74, 6) is 0. The van der Waals surface area contributed by atoms with Crippen LogP contribution in [0, 0.1) is 0 Å². The van der Waals surface area contributed by atoms with Crippen molar-refractivity contribution in [3.8, 4) is 0 Å². The van der Waals surface area contributed by atoms with Gasteiger partial charge in [-0.15, -0.1) is 0 Å². The molecule has 0 radical (unpaired) electrons. The molecule has 5 heteroatoms. The van der Waals surface area contributed by atoms with Crippen molar-refractivity contribution in [2.24, 2.45) is 0 Å². The molecule has 0 spiro atoms. The maximum Gasteiger partial charge on any atom is 0.414 e. The molecule has 1 aromatic carbocycles. The fraction of sp³-hybridized carbons (Fsp3) is 0.421. The van der Waals surface area contributed by atoms with Crippen LogP contribution in [0.2, 0.25) is 0 Å². The van der Waals surface area contributed by atoms with Crippen LogP contribution >= 0.6 is 11.3 Å². The Morgan fingerprint density at radius 3 is 2.83 bits per heavy atom. The number of ether oxygens (including phenoxy) is 1. The average molecular weight is 344 g/mol. The quantitative estimate of drug-likeness (QED) is 0.897.